The zero-order valence-corrected chi connectivity index (χ0v) is 12.2. The second kappa shape index (κ2) is 6.87. The summed E-state index contributed by atoms with van der Waals surface area (Å²) in [6.07, 6.45) is 4.54. The van der Waals surface area contributed by atoms with Crippen molar-refractivity contribution in [1.82, 2.24) is 10.3 Å². The van der Waals surface area contributed by atoms with Crippen LogP contribution in [0.2, 0.25) is 0 Å². The highest BCUT2D eigenvalue weighted by atomic mass is 16.5. The third-order valence-electron chi connectivity index (χ3n) is 3.58. The molecule has 1 aliphatic heterocycles. The van der Waals surface area contributed by atoms with Gasteiger partial charge in [0.1, 0.15) is 5.82 Å². The molecule has 1 unspecified atom stereocenters. The molecule has 0 spiro atoms. The fourth-order valence-corrected chi connectivity index (χ4v) is 2.49. The number of hydrogen-bond donors (Lipinski definition) is 1. The van der Waals surface area contributed by atoms with Crippen LogP contribution in [0.1, 0.15) is 32.3 Å². The summed E-state index contributed by atoms with van der Waals surface area (Å²) >= 11 is 0. The van der Waals surface area contributed by atoms with Crippen LogP contribution in [0.3, 0.4) is 0 Å². The van der Waals surface area contributed by atoms with Crippen molar-refractivity contribution in [2.75, 3.05) is 25.1 Å². The van der Waals surface area contributed by atoms with Gasteiger partial charge in [0.2, 0.25) is 0 Å². The SMILES string of the molecule is COC1CCCN(c2ncccc2CNC(C)C)C1. The maximum Gasteiger partial charge on any atom is 0.133 e. The van der Waals surface area contributed by atoms with Crippen LogP contribution in [0.5, 0.6) is 0 Å². The van der Waals surface area contributed by atoms with Crippen molar-refractivity contribution >= 4 is 5.82 Å². The molecule has 0 radical (unpaired) electrons. The highest BCUT2D eigenvalue weighted by Gasteiger charge is 2.22. The van der Waals surface area contributed by atoms with E-state index in [1.165, 1.54) is 12.0 Å². The lowest BCUT2D eigenvalue weighted by Crippen LogP contribution is -2.40. The van der Waals surface area contributed by atoms with Gasteiger partial charge in [0, 0.05) is 44.5 Å². The molecule has 0 bridgehead atoms. The first kappa shape index (κ1) is 14.3. The van der Waals surface area contributed by atoms with Crippen LogP contribution in [0, 0.1) is 0 Å². The first-order valence-corrected chi connectivity index (χ1v) is 7.15. The summed E-state index contributed by atoms with van der Waals surface area (Å²) in [5.41, 5.74) is 1.27. The van der Waals surface area contributed by atoms with E-state index in [4.69, 9.17) is 4.74 Å². The Morgan fingerprint density at radius 3 is 3.11 bits per heavy atom. The molecule has 2 heterocycles. The van der Waals surface area contributed by atoms with Crippen LogP contribution in [-0.2, 0) is 11.3 Å². The standard InChI is InChI=1S/C15H25N3O/c1-12(2)17-10-13-6-4-8-16-15(13)18-9-5-7-14(11-18)19-3/h4,6,8,12,14,17H,5,7,9-11H2,1-3H3. The van der Waals surface area contributed by atoms with E-state index in [1.54, 1.807) is 7.11 Å². The summed E-state index contributed by atoms with van der Waals surface area (Å²) in [5, 5.41) is 3.47. The Kier molecular flexibility index (Phi) is 5.16. The van der Waals surface area contributed by atoms with E-state index in [1.807, 2.05) is 12.3 Å². The Morgan fingerprint density at radius 1 is 1.53 bits per heavy atom. The highest BCUT2D eigenvalue weighted by molar-refractivity contribution is 5.47. The van der Waals surface area contributed by atoms with Gasteiger partial charge in [0.05, 0.1) is 6.10 Å². The lowest BCUT2D eigenvalue weighted by Gasteiger charge is -2.34. The van der Waals surface area contributed by atoms with E-state index in [0.29, 0.717) is 12.1 Å². The lowest BCUT2D eigenvalue weighted by atomic mass is 10.1. The van der Waals surface area contributed by atoms with Crippen molar-refractivity contribution in [1.29, 1.82) is 0 Å². The quantitative estimate of drug-likeness (QED) is 0.883. The van der Waals surface area contributed by atoms with E-state index < -0.39 is 0 Å². The van der Waals surface area contributed by atoms with Crippen molar-refractivity contribution in [3.63, 3.8) is 0 Å². The number of pyridine rings is 1. The molecule has 1 aliphatic rings. The molecule has 0 saturated carbocycles. The molecule has 4 heteroatoms. The van der Waals surface area contributed by atoms with Crippen molar-refractivity contribution < 1.29 is 4.74 Å². The summed E-state index contributed by atoms with van der Waals surface area (Å²) in [5.74, 6) is 1.11. The predicted molar refractivity (Wildman–Crippen MR) is 78.5 cm³/mol. The number of aromatic nitrogens is 1. The van der Waals surface area contributed by atoms with Gasteiger partial charge in [-0.15, -0.1) is 0 Å². The van der Waals surface area contributed by atoms with E-state index in [9.17, 15) is 0 Å². The molecule has 1 N–H and O–H groups in total. The molecule has 0 amide bonds. The molecule has 1 saturated heterocycles. The monoisotopic (exact) mass is 263 g/mol. The minimum atomic E-state index is 0.335. The van der Waals surface area contributed by atoms with Gasteiger partial charge < -0.3 is 15.0 Å². The van der Waals surface area contributed by atoms with Gasteiger partial charge in [0.25, 0.3) is 0 Å². The van der Waals surface area contributed by atoms with Crippen molar-refractivity contribution in [3.05, 3.63) is 23.9 Å². The summed E-state index contributed by atoms with van der Waals surface area (Å²) in [7, 11) is 1.80. The summed E-state index contributed by atoms with van der Waals surface area (Å²) < 4.78 is 5.50. The van der Waals surface area contributed by atoms with Crippen LogP contribution in [0.25, 0.3) is 0 Å². The molecular formula is C15H25N3O. The summed E-state index contributed by atoms with van der Waals surface area (Å²) in [4.78, 5) is 6.94. The number of methoxy groups -OCH3 is 1. The number of nitrogens with one attached hydrogen (secondary N) is 1. The smallest absolute Gasteiger partial charge is 0.133 e. The third-order valence-corrected chi connectivity index (χ3v) is 3.58. The Bertz CT molecular complexity index is 395. The molecule has 0 aromatic carbocycles. The number of hydrogen-bond acceptors (Lipinski definition) is 4. The van der Waals surface area contributed by atoms with Crippen molar-refractivity contribution in [3.8, 4) is 0 Å². The molecule has 1 aromatic heterocycles. The predicted octanol–water partition coefficient (Wildman–Crippen LogP) is 2.19. The van der Waals surface area contributed by atoms with E-state index >= 15 is 0 Å². The molecule has 1 atom stereocenters. The van der Waals surface area contributed by atoms with Crippen LogP contribution in [-0.4, -0.2) is 37.3 Å². The zero-order valence-electron chi connectivity index (χ0n) is 12.2. The molecule has 19 heavy (non-hydrogen) atoms. The fraction of sp³-hybridized carbons (Fsp3) is 0.667. The summed E-state index contributed by atoms with van der Waals surface area (Å²) in [6, 6.07) is 4.66. The molecule has 2 rings (SSSR count). The third kappa shape index (κ3) is 3.91. The van der Waals surface area contributed by atoms with Crippen LogP contribution >= 0.6 is 0 Å². The number of piperidine rings is 1. The van der Waals surface area contributed by atoms with Crippen LogP contribution in [0.15, 0.2) is 18.3 Å². The van der Waals surface area contributed by atoms with Gasteiger partial charge in [0.15, 0.2) is 0 Å². The molecular weight excluding hydrogens is 238 g/mol. The lowest BCUT2D eigenvalue weighted by molar-refractivity contribution is 0.0891. The van der Waals surface area contributed by atoms with Crippen molar-refractivity contribution in [2.24, 2.45) is 0 Å². The first-order valence-electron chi connectivity index (χ1n) is 7.15. The minimum Gasteiger partial charge on any atom is -0.380 e. The van der Waals surface area contributed by atoms with E-state index in [-0.39, 0.29) is 0 Å². The van der Waals surface area contributed by atoms with Gasteiger partial charge in [-0.3, -0.25) is 0 Å². The summed E-state index contributed by atoms with van der Waals surface area (Å²) in [6.45, 7) is 7.22. The normalized spacial score (nSPS) is 20.0. The molecule has 0 aliphatic carbocycles. The minimum absolute atomic E-state index is 0.335. The number of nitrogens with zero attached hydrogens (tertiary/aromatic N) is 2. The highest BCUT2D eigenvalue weighted by Crippen LogP contribution is 2.22. The maximum atomic E-state index is 5.50. The molecule has 1 fully saturated rings. The maximum absolute atomic E-state index is 5.50. The Balaban J connectivity index is 2.09. The number of rotatable bonds is 5. The largest absolute Gasteiger partial charge is 0.380 e. The van der Waals surface area contributed by atoms with Crippen LogP contribution < -0.4 is 10.2 Å². The topological polar surface area (TPSA) is 37.4 Å². The zero-order chi connectivity index (χ0) is 13.7. The Labute approximate surface area is 116 Å². The van der Waals surface area contributed by atoms with Crippen molar-refractivity contribution in [2.45, 2.75) is 45.4 Å². The first-order chi connectivity index (χ1) is 9.20. The van der Waals surface area contributed by atoms with E-state index in [0.717, 1.165) is 31.9 Å². The van der Waals surface area contributed by atoms with Gasteiger partial charge in [-0.25, -0.2) is 4.98 Å². The second-order valence-electron chi connectivity index (χ2n) is 5.47. The molecule has 106 valence electrons. The van der Waals surface area contributed by atoms with Gasteiger partial charge in [-0.05, 0) is 18.9 Å². The molecule has 1 aromatic rings. The van der Waals surface area contributed by atoms with Gasteiger partial charge >= 0.3 is 0 Å². The number of ether oxygens (including phenoxy) is 1. The second-order valence-corrected chi connectivity index (χ2v) is 5.47. The average molecular weight is 263 g/mol. The Morgan fingerprint density at radius 2 is 2.37 bits per heavy atom. The number of anilines is 1. The molecule has 4 nitrogen and oxygen atoms in total. The van der Waals surface area contributed by atoms with E-state index in [2.05, 4.69) is 35.1 Å². The van der Waals surface area contributed by atoms with Gasteiger partial charge in [-0.1, -0.05) is 19.9 Å². The van der Waals surface area contributed by atoms with Gasteiger partial charge in [-0.2, -0.15) is 0 Å². The van der Waals surface area contributed by atoms with Crippen LogP contribution in [0.4, 0.5) is 5.82 Å². The average Bonchev–Trinajstić information content (AvgIpc) is 2.45. The fourth-order valence-electron chi connectivity index (χ4n) is 2.49. The Hall–Kier alpha value is -1.13.